The molecule has 100 valence electrons. The molecule has 0 radical (unpaired) electrons. The molecule has 1 N–H and O–H groups in total. The van der Waals surface area contributed by atoms with Crippen molar-refractivity contribution < 1.29 is 4.74 Å². The van der Waals surface area contributed by atoms with Gasteiger partial charge >= 0.3 is 0 Å². The second-order valence-corrected chi connectivity index (χ2v) is 5.39. The Morgan fingerprint density at radius 2 is 2.17 bits per heavy atom. The molecule has 0 saturated carbocycles. The Morgan fingerprint density at radius 3 is 2.72 bits per heavy atom. The summed E-state index contributed by atoms with van der Waals surface area (Å²) in [6, 6.07) is 3.97. The van der Waals surface area contributed by atoms with E-state index in [1.165, 1.54) is 5.56 Å². The van der Waals surface area contributed by atoms with Gasteiger partial charge in [0.15, 0.2) is 0 Å². The first kappa shape index (κ1) is 14.7. The van der Waals surface area contributed by atoms with Gasteiger partial charge in [0.1, 0.15) is 0 Å². The molecule has 18 heavy (non-hydrogen) atoms. The van der Waals surface area contributed by atoms with Gasteiger partial charge in [-0.25, -0.2) is 4.98 Å². The number of aromatic nitrogens is 1. The summed E-state index contributed by atoms with van der Waals surface area (Å²) in [5.41, 5.74) is 1.29. The largest absolute Gasteiger partial charge is 0.478 e. The van der Waals surface area contributed by atoms with Gasteiger partial charge in [-0.15, -0.1) is 6.58 Å². The zero-order valence-electron chi connectivity index (χ0n) is 11.7. The first-order valence-electron chi connectivity index (χ1n) is 6.45. The summed E-state index contributed by atoms with van der Waals surface area (Å²) in [6.07, 6.45) is 5.73. The van der Waals surface area contributed by atoms with E-state index >= 15 is 0 Å². The maximum absolute atomic E-state index is 5.53. The lowest BCUT2D eigenvalue weighted by Crippen LogP contribution is -2.35. The fraction of sp³-hybridized carbons (Fsp3) is 0.533. The predicted octanol–water partition coefficient (Wildman–Crippen LogP) is 3.31. The molecule has 1 rings (SSSR count). The summed E-state index contributed by atoms with van der Waals surface area (Å²) in [4.78, 5) is 4.29. The Labute approximate surface area is 110 Å². The summed E-state index contributed by atoms with van der Waals surface area (Å²) < 4.78 is 5.53. The van der Waals surface area contributed by atoms with Crippen molar-refractivity contribution in [1.82, 2.24) is 10.3 Å². The van der Waals surface area contributed by atoms with E-state index in [0.717, 1.165) is 19.4 Å². The third-order valence-corrected chi connectivity index (χ3v) is 2.42. The molecular formula is C15H24N2O. The van der Waals surface area contributed by atoms with Crippen molar-refractivity contribution in [2.24, 2.45) is 0 Å². The van der Waals surface area contributed by atoms with Gasteiger partial charge in [0.25, 0.3) is 0 Å². The molecule has 0 bridgehead atoms. The fourth-order valence-electron chi connectivity index (χ4n) is 1.37. The average molecular weight is 248 g/mol. The van der Waals surface area contributed by atoms with Crippen LogP contribution in [0.15, 0.2) is 31.0 Å². The highest BCUT2D eigenvalue weighted by molar-refractivity contribution is 5.17. The van der Waals surface area contributed by atoms with Crippen LogP contribution in [-0.4, -0.2) is 17.1 Å². The van der Waals surface area contributed by atoms with Crippen LogP contribution in [0.2, 0.25) is 0 Å². The van der Waals surface area contributed by atoms with E-state index in [9.17, 15) is 0 Å². The summed E-state index contributed by atoms with van der Waals surface area (Å²) in [6.45, 7) is 11.6. The van der Waals surface area contributed by atoms with E-state index < -0.39 is 0 Å². The van der Waals surface area contributed by atoms with Crippen molar-refractivity contribution >= 4 is 0 Å². The number of rotatable bonds is 7. The van der Waals surface area contributed by atoms with Gasteiger partial charge in [-0.1, -0.05) is 12.1 Å². The van der Waals surface area contributed by atoms with Gasteiger partial charge < -0.3 is 10.1 Å². The van der Waals surface area contributed by atoms with Gasteiger partial charge in [0.2, 0.25) is 5.88 Å². The fourth-order valence-corrected chi connectivity index (χ4v) is 1.37. The minimum absolute atomic E-state index is 0.125. The minimum atomic E-state index is 0.125. The van der Waals surface area contributed by atoms with E-state index in [2.05, 4.69) is 43.7 Å². The van der Waals surface area contributed by atoms with Crippen LogP contribution in [0.5, 0.6) is 5.88 Å². The molecule has 0 saturated heterocycles. The Morgan fingerprint density at radius 1 is 1.39 bits per heavy atom. The molecule has 3 heteroatoms. The smallest absolute Gasteiger partial charge is 0.213 e. The minimum Gasteiger partial charge on any atom is -0.478 e. The summed E-state index contributed by atoms with van der Waals surface area (Å²) in [5.74, 6) is 0.693. The lowest BCUT2D eigenvalue weighted by molar-refractivity contribution is 0.300. The highest BCUT2D eigenvalue weighted by Gasteiger charge is 2.08. The molecule has 1 aromatic heterocycles. The van der Waals surface area contributed by atoms with E-state index in [1.807, 2.05) is 18.3 Å². The number of hydrogen-bond donors (Lipinski definition) is 1. The van der Waals surface area contributed by atoms with Crippen molar-refractivity contribution in [3.63, 3.8) is 0 Å². The Bertz CT molecular complexity index is 352. The van der Waals surface area contributed by atoms with E-state index in [1.54, 1.807) is 0 Å². The lowest BCUT2D eigenvalue weighted by atomic mass is 10.1. The maximum Gasteiger partial charge on any atom is 0.213 e. The molecule has 1 aromatic rings. The third kappa shape index (κ3) is 6.40. The molecule has 0 fully saturated rings. The Kier molecular flexibility index (Phi) is 5.86. The van der Waals surface area contributed by atoms with Gasteiger partial charge in [-0.2, -0.15) is 0 Å². The summed E-state index contributed by atoms with van der Waals surface area (Å²) in [5, 5.41) is 3.43. The molecule has 0 aliphatic carbocycles. The van der Waals surface area contributed by atoms with Crippen LogP contribution in [0.1, 0.15) is 39.2 Å². The standard InChI is InChI=1S/C15H24N2O/c1-5-6-7-10-18-14-9-8-13(11-16-14)12-17-15(2,3)4/h5,8-9,11,17H,1,6-7,10,12H2,2-4H3. The highest BCUT2D eigenvalue weighted by Crippen LogP contribution is 2.09. The summed E-state index contributed by atoms with van der Waals surface area (Å²) in [7, 11) is 0. The Balaban J connectivity index is 2.35. The van der Waals surface area contributed by atoms with Gasteiger partial charge in [-0.3, -0.25) is 0 Å². The quantitative estimate of drug-likeness (QED) is 0.594. The molecule has 0 aliphatic heterocycles. The summed E-state index contributed by atoms with van der Waals surface area (Å²) >= 11 is 0. The first-order chi connectivity index (χ1) is 8.51. The van der Waals surface area contributed by atoms with E-state index in [0.29, 0.717) is 12.5 Å². The van der Waals surface area contributed by atoms with Crippen molar-refractivity contribution in [3.8, 4) is 5.88 Å². The second kappa shape index (κ2) is 7.17. The van der Waals surface area contributed by atoms with Gasteiger partial charge in [0, 0.05) is 24.3 Å². The second-order valence-electron chi connectivity index (χ2n) is 5.39. The molecule has 0 amide bonds. The van der Waals surface area contributed by atoms with Crippen LogP contribution >= 0.6 is 0 Å². The molecule has 0 atom stereocenters. The highest BCUT2D eigenvalue weighted by atomic mass is 16.5. The molecule has 3 nitrogen and oxygen atoms in total. The normalized spacial score (nSPS) is 11.3. The van der Waals surface area contributed by atoms with Gasteiger partial charge in [-0.05, 0) is 39.2 Å². The molecule has 0 aromatic carbocycles. The first-order valence-corrected chi connectivity index (χ1v) is 6.45. The van der Waals surface area contributed by atoms with Crippen LogP contribution in [-0.2, 0) is 6.54 Å². The molecule has 0 unspecified atom stereocenters. The average Bonchev–Trinajstić information content (AvgIpc) is 2.33. The Hall–Kier alpha value is -1.35. The number of allylic oxidation sites excluding steroid dienone is 1. The topological polar surface area (TPSA) is 34.1 Å². The lowest BCUT2D eigenvalue weighted by Gasteiger charge is -2.20. The zero-order chi connectivity index (χ0) is 13.4. The number of unbranched alkanes of at least 4 members (excludes halogenated alkanes) is 1. The predicted molar refractivity (Wildman–Crippen MR) is 75.8 cm³/mol. The third-order valence-electron chi connectivity index (χ3n) is 2.42. The zero-order valence-corrected chi connectivity index (χ0v) is 11.7. The number of hydrogen-bond acceptors (Lipinski definition) is 3. The van der Waals surface area contributed by atoms with E-state index in [4.69, 9.17) is 4.74 Å². The molecule has 0 aliphatic rings. The van der Waals surface area contributed by atoms with Crippen LogP contribution in [0.3, 0.4) is 0 Å². The maximum atomic E-state index is 5.53. The number of nitrogens with one attached hydrogen (secondary N) is 1. The van der Waals surface area contributed by atoms with Gasteiger partial charge in [0.05, 0.1) is 6.61 Å². The SMILES string of the molecule is C=CCCCOc1ccc(CNC(C)(C)C)cn1. The van der Waals surface area contributed by atoms with Crippen LogP contribution in [0.25, 0.3) is 0 Å². The van der Waals surface area contributed by atoms with Crippen molar-refractivity contribution in [1.29, 1.82) is 0 Å². The van der Waals surface area contributed by atoms with E-state index in [-0.39, 0.29) is 5.54 Å². The monoisotopic (exact) mass is 248 g/mol. The number of ether oxygens (including phenoxy) is 1. The molecule has 0 spiro atoms. The van der Waals surface area contributed by atoms with Crippen LogP contribution < -0.4 is 10.1 Å². The number of pyridine rings is 1. The molecule has 1 heterocycles. The van der Waals surface area contributed by atoms with Crippen LogP contribution in [0.4, 0.5) is 0 Å². The van der Waals surface area contributed by atoms with Crippen LogP contribution in [0, 0.1) is 0 Å². The van der Waals surface area contributed by atoms with Crippen molar-refractivity contribution in [2.45, 2.75) is 45.7 Å². The van der Waals surface area contributed by atoms with Crippen molar-refractivity contribution in [3.05, 3.63) is 36.5 Å². The molecular weight excluding hydrogens is 224 g/mol. The number of nitrogens with zero attached hydrogens (tertiary/aromatic N) is 1. The van der Waals surface area contributed by atoms with Crippen molar-refractivity contribution in [2.75, 3.05) is 6.61 Å².